The van der Waals surface area contributed by atoms with E-state index in [1.54, 1.807) is 18.9 Å². The molecule has 1 heterocycles. The molecule has 4 aromatic carbocycles. The third-order valence-electron chi connectivity index (χ3n) is 5.42. The number of anilines is 3. The number of nitrogens with zero attached hydrogens (tertiary/aromatic N) is 2. The number of urea groups is 1. The fraction of sp³-hybridized carbons (Fsp3) is 0.0741. The molecule has 0 N–H and O–H groups in total. The first-order chi connectivity index (χ1) is 15.7. The van der Waals surface area contributed by atoms with Crippen LogP contribution in [0.4, 0.5) is 21.9 Å². The molecule has 0 radical (unpaired) electrons. The van der Waals surface area contributed by atoms with Gasteiger partial charge in [-0.25, -0.2) is 4.79 Å². The molecule has 1 aliphatic rings. The Hall–Kier alpha value is -3.70. The maximum atomic E-state index is 14.2. The van der Waals surface area contributed by atoms with Gasteiger partial charge in [0.25, 0.3) is 0 Å². The molecule has 5 heteroatoms. The van der Waals surface area contributed by atoms with Crippen molar-refractivity contribution in [2.45, 2.75) is 16.3 Å². The van der Waals surface area contributed by atoms with Crippen molar-refractivity contribution in [3.8, 4) is 5.75 Å². The predicted octanol–water partition coefficient (Wildman–Crippen LogP) is 7.12. The van der Waals surface area contributed by atoms with E-state index in [0.29, 0.717) is 6.54 Å². The van der Waals surface area contributed by atoms with Gasteiger partial charge in [-0.05, 0) is 54.1 Å². The van der Waals surface area contributed by atoms with Gasteiger partial charge in [-0.2, -0.15) is 0 Å². The number of hydrogen-bond donors (Lipinski definition) is 0. The molecule has 1 aliphatic heterocycles. The number of hydrogen-bond acceptors (Lipinski definition) is 3. The fourth-order valence-electron chi connectivity index (χ4n) is 3.82. The van der Waals surface area contributed by atoms with Crippen molar-refractivity contribution in [2.75, 3.05) is 16.9 Å². The molecule has 0 fully saturated rings. The van der Waals surface area contributed by atoms with E-state index in [0.717, 1.165) is 38.2 Å². The van der Waals surface area contributed by atoms with Crippen LogP contribution in [-0.2, 0) is 6.54 Å². The van der Waals surface area contributed by atoms with E-state index in [2.05, 4.69) is 12.1 Å². The summed E-state index contributed by atoms with van der Waals surface area (Å²) in [6.45, 7) is 0.445. The Morgan fingerprint density at radius 1 is 0.781 bits per heavy atom. The SMILES string of the molecule is COc1ccc(CN(C(=O)N2c3ccccc3Sc3ccccc32)c2ccccc2)cc1. The average Bonchev–Trinajstić information content (AvgIpc) is 2.86. The summed E-state index contributed by atoms with van der Waals surface area (Å²) in [4.78, 5) is 20.0. The highest BCUT2D eigenvalue weighted by molar-refractivity contribution is 7.99. The highest BCUT2D eigenvalue weighted by Gasteiger charge is 2.31. The van der Waals surface area contributed by atoms with Crippen LogP contribution < -0.4 is 14.5 Å². The summed E-state index contributed by atoms with van der Waals surface area (Å²) in [6.07, 6.45) is 0. The van der Waals surface area contributed by atoms with Crippen LogP contribution in [-0.4, -0.2) is 13.1 Å². The van der Waals surface area contributed by atoms with Crippen molar-refractivity contribution in [2.24, 2.45) is 0 Å². The van der Waals surface area contributed by atoms with Crippen molar-refractivity contribution in [3.05, 3.63) is 109 Å². The van der Waals surface area contributed by atoms with Gasteiger partial charge in [-0.1, -0.05) is 66.4 Å². The van der Waals surface area contributed by atoms with E-state index >= 15 is 0 Å². The van der Waals surface area contributed by atoms with Gasteiger partial charge < -0.3 is 4.74 Å². The molecule has 0 aromatic heterocycles. The predicted molar refractivity (Wildman–Crippen MR) is 130 cm³/mol. The molecule has 0 atom stereocenters. The first-order valence-corrected chi connectivity index (χ1v) is 11.2. The number of carbonyl (C=O) groups is 1. The van der Waals surface area contributed by atoms with Crippen LogP contribution >= 0.6 is 11.8 Å². The average molecular weight is 439 g/mol. The summed E-state index contributed by atoms with van der Waals surface area (Å²) < 4.78 is 5.29. The van der Waals surface area contributed by atoms with E-state index in [4.69, 9.17) is 4.74 Å². The summed E-state index contributed by atoms with van der Waals surface area (Å²) in [5.74, 6) is 0.794. The first kappa shape index (κ1) is 20.2. The van der Waals surface area contributed by atoms with Crippen molar-refractivity contribution >= 4 is 34.9 Å². The maximum absolute atomic E-state index is 14.2. The first-order valence-electron chi connectivity index (χ1n) is 10.4. The maximum Gasteiger partial charge on any atom is 0.333 e. The van der Waals surface area contributed by atoms with Crippen LogP contribution in [0.25, 0.3) is 0 Å². The smallest absolute Gasteiger partial charge is 0.333 e. The summed E-state index contributed by atoms with van der Waals surface area (Å²) in [5.41, 5.74) is 3.67. The molecule has 0 unspecified atom stereocenters. The molecule has 0 saturated heterocycles. The Balaban J connectivity index is 1.58. The van der Waals surface area contributed by atoms with E-state index < -0.39 is 0 Å². The molecule has 0 bridgehead atoms. The van der Waals surface area contributed by atoms with Crippen LogP contribution in [0, 0.1) is 0 Å². The number of benzene rings is 4. The molecule has 4 aromatic rings. The largest absolute Gasteiger partial charge is 0.497 e. The topological polar surface area (TPSA) is 32.8 Å². The number of methoxy groups -OCH3 is 1. The van der Waals surface area contributed by atoms with Gasteiger partial charge in [0.15, 0.2) is 0 Å². The number of carbonyl (C=O) groups excluding carboxylic acids is 1. The van der Waals surface area contributed by atoms with E-state index in [1.165, 1.54) is 0 Å². The number of para-hydroxylation sites is 3. The van der Waals surface area contributed by atoms with Gasteiger partial charge in [-0.3, -0.25) is 9.80 Å². The Kier molecular flexibility index (Phi) is 5.57. The van der Waals surface area contributed by atoms with Crippen molar-refractivity contribution in [3.63, 3.8) is 0 Å². The molecule has 0 spiro atoms. The standard InChI is InChI=1S/C27H22N2O2S/c1-31-22-17-15-20(16-18-22)19-28(21-9-3-2-4-10-21)27(30)29-23-11-5-7-13-25(23)32-26-14-8-6-12-24(26)29/h2-18H,19H2,1H3. The minimum atomic E-state index is -0.0905. The van der Waals surface area contributed by atoms with Gasteiger partial charge in [0.05, 0.1) is 25.0 Å². The van der Waals surface area contributed by atoms with Crippen LogP contribution in [0.1, 0.15) is 5.56 Å². The van der Waals surface area contributed by atoms with Crippen molar-refractivity contribution < 1.29 is 9.53 Å². The zero-order chi connectivity index (χ0) is 21.9. The second-order valence-electron chi connectivity index (χ2n) is 7.43. The van der Waals surface area contributed by atoms with Crippen LogP contribution in [0.5, 0.6) is 5.75 Å². The summed E-state index contributed by atoms with van der Waals surface area (Å²) in [7, 11) is 1.65. The lowest BCUT2D eigenvalue weighted by Gasteiger charge is -2.35. The molecule has 32 heavy (non-hydrogen) atoms. The van der Waals surface area contributed by atoms with Gasteiger partial charge in [0.2, 0.25) is 0 Å². The third kappa shape index (κ3) is 3.83. The number of ether oxygens (including phenoxy) is 1. The minimum Gasteiger partial charge on any atom is -0.497 e. The number of fused-ring (bicyclic) bond motifs is 2. The van der Waals surface area contributed by atoms with Gasteiger partial charge in [0, 0.05) is 15.5 Å². The molecule has 5 rings (SSSR count). The lowest BCUT2D eigenvalue weighted by atomic mass is 10.1. The zero-order valence-electron chi connectivity index (χ0n) is 17.6. The van der Waals surface area contributed by atoms with Crippen molar-refractivity contribution in [1.82, 2.24) is 0 Å². The highest BCUT2D eigenvalue weighted by atomic mass is 32.2. The van der Waals surface area contributed by atoms with Crippen LogP contribution in [0.15, 0.2) is 113 Å². The molecular formula is C27H22N2O2S. The summed E-state index contributed by atoms with van der Waals surface area (Å²) in [6, 6.07) is 33.7. The summed E-state index contributed by atoms with van der Waals surface area (Å²) in [5, 5.41) is 0. The lowest BCUT2D eigenvalue weighted by molar-refractivity contribution is 0.253. The monoisotopic (exact) mass is 438 g/mol. The van der Waals surface area contributed by atoms with Crippen LogP contribution in [0.2, 0.25) is 0 Å². The Morgan fingerprint density at radius 2 is 1.34 bits per heavy atom. The molecule has 4 nitrogen and oxygen atoms in total. The van der Waals surface area contributed by atoms with E-state index in [-0.39, 0.29) is 6.03 Å². The Morgan fingerprint density at radius 3 is 1.94 bits per heavy atom. The number of rotatable bonds is 4. The van der Waals surface area contributed by atoms with Gasteiger partial charge in [-0.15, -0.1) is 0 Å². The number of amides is 2. The molecule has 0 saturated carbocycles. The fourth-order valence-corrected chi connectivity index (χ4v) is 4.88. The van der Waals surface area contributed by atoms with Gasteiger partial charge >= 0.3 is 6.03 Å². The Labute approximate surface area is 192 Å². The normalized spacial score (nSPS) is 12.0. The van der Waals surface area contributed by atoms with Crippen molar-refractivity contribution in [1.29, 1.82) is 0 Å². The molecule has 2 amide bonds. The van der Waals surface area contributed by atoms with E-state index in [1.807, 2.05) is 101 Å². The second-order valence-corrected chi connectivity index (χ2v) is 8.51. The minimum absolute atomic E-state index is 0.0905. The lowest BCUT2D eigenvalue weighted by Crippen LogP contribution is -2.41. The third-order valence-corrected chi connectivity index (χ3v) is 6.55. The van der Waals surface area contributed by atoms with Gasteiger partial charge in [0.1, 0.15) is 5.75 Å². The Bertz CT molecular complexity index is 1200. The summed E-state index contributed by atoms with van der Waals surface area (Å²) >= 11 is 1.69. The molecule has 158 valence electrons. The second kappa shape index (κ2) is 8.81. The molecule has 0 aliphatic carbocycles. The quantitative estimate of drug-likeness (QED) is 0.340. The molecular weight excluding hydrogens is 416 g/mol. The van der Waals surface area contributed by atoms with Crippen LogP contribution in [0.3, 0.4) is 0 Å². The zero-order valence-corrected chi connectivity index (χ0v) is 18.5. The van der Waals surface area contributed by atoms with E-state index in [9.17, 15) is 4.79 Å². The highest BCUT2D eigenvalue weighted by Crippen LogP contribution is 2.48.